The minimum absolute atomic E-state index is 0.0226. The summed E-state index contributed by atoms with van der Waals surface area (Å²) >= 11 is 0. The summed E-state index contributed by atoms with van der Waals surface area (Å²) in [5, 5.41) is 0. The minimum atomic E-state index is 0.0226. The van der Waals surface area contributed by atoms with E-state index in [1.54, 1.807) is 0 Å². The number of rotatable bonds is 2. The Labute approximate surface area is 118 Å². The van der Waals surface area contributed by atoms with Gasteiger partial charge in [0.15, 0.2) is 0 Å². The van der Waals surface area contributed by atoms with E-state index >= 15 is 0 Å². The monoisotopic (exact) mass is 270 g/mol. The van der Waals surface area contributed by atoms with E-state index in [2.05, 4.69) is 29.2 Å². The van der Waals surface area contributed by atoms with Crippen molar-refractivity contribution in [2.24, 2.45) is 0 Å². The van der Waals surface area contributed by atoms with Crippen LogP contribution in [0.5, 0.6) is 0 Å². The number of benzene rings is 1. The molecule has 3 aliphatic rings. The van der Waals surface area contributed by atoms with Crippen molar-refractivity contribution in [1.82, 2.24) is 9.80 Å². The fourth-order valence-electron chi connectivity index (χ4n) is 3.74. The van der Waals surface area contributed by atoms with Gasteiger partial charge in [0.2, 0.25) is 11.8 Å². The summed E-state index contributed by atoms with van der Waals surface area (Å²) in [6.45, 7) is 1.71. The van der Waals surface area contributed by atoms with Crippen molar-refractivity contribution in [3.8, 4) is 0 Å². The molecule has 4 nitrogen and oxygen atoms in total. The fraction of sp³-hybridized carbons (Fsp3) is 0.500. The second-order valence-electron chi connectivity index (χ2n) is 6.10. The Morgan fingerprint density at radius 2 is 1.40 bits per heavy atom. The summed E-state index contributed by atoms with van der Waals surface area (Å²) in [7, 11) is 0. The zero-order chi connectivity index (χ0) is 13.7. The zero-order valence-electron chi connectivity index (χ0n) is 11.4. The van der Waals surface area contributed by atoms with Gasteiger partial charge in [-0.25, -0.2) is 0 Å². The molecule has 2 aliphatic heterocycles. The zero-order valence-corrected chi connectivity index (χ0v) is 11.4. The summed E-state index contributed by atoms with van der Waals surface area (Å²) in [5.74, 6) is 0.0451. The maximum absolute atomic E-state index is 11.7. The van der Waals surface area contributed by atoms with Crippen LogP contribution in [0.3, 0.4) is 0 Å². The predicted octanol–water partition coefficient (Wildman–Crippen LogP) is 0.987. The summed E-state index contributed by atoms with van der Waals surface area (Å²) in [6.07, 6.45) is 3.02. The Morgan fingerprint density at radius 1 is 0.850 bits per heavy atom. The number of hydrogen-bond donors (Lipinski definition) is 0. The maximum Gasteiger partial charge on any atom is 0.230 e. The largest absolute Gasteiger partial charge is 0.296 e. The lowest BCUT2D eigenvalue weighted by Gasteiger charge is -2.46. The van der Waals surface area contributed by atoms with E-state index in [0.717, 1.165) is 25.9 Å². The Kier molecular flexibility index (Phi) is 2.67. The van der Waals surface area contributed by atoms with Gasteiger partial charge in [0.25, 0.3) is 0 Å². The number of carbonyl (C=O) groups excluding carboxylic acids is 2. The molecule has 0 bridgehead atoms. The van der Waals surface area contributed by atoms with Gasteiger partial charge >= 0.3 is 0 Å². The van der Waals surface area contributed by atoms with Crippen LogP contribution in [-0.4, -0.2) is 46.8 Å². The van der Waals surface area contributed by atoms with Gasteiger partial charge in [0.1, 0.15) is 0 Å². The molecule has 0 spiro atoms. The van der Waals surface area contributed by atoms with Crippen molar-refractivity contribution in [2.45, 2.75) is 37.8 Å². The van der Waals surface area contributed by atoms with Gasteiger partial charge < -0.3 is 0 Å². The molecule has 0 atom stereocenters. The van der Waals surface area contributed by atoms with Crippen molar-refractivity contribution in [2.75, 3.05) is 13.1 Å². The van der Waals surface area contributed by atoms with Crippen LogP contribution >= 0.6 is 0 Å². The number of imide groups is 1. The highest BCUT2D eigenvalue weighted by Gasteiger charge is 2.43. The van der Waals surface area contributed by atoms with Gasteiger partial charge in [0.05, 0.1) is 6.04 Å². The smallest absolute Gasteiger partial charge is 0.230 e. The van der Waals surface area contributed by atoms with Crippen LogP contribution in [0.15, 0.2) is 24.3 Å². The van der Waals surface area contributed by atoms with Crippen LogP contribution in [-0.2, 0) is 22.4 Å². The molecule has 2 saturated heterocycles. The Bertz CT molecular complexity index is 537. The van der Waals surface area contributed by atoms with Crippen molar-refractivity contribution >= 4 is 11.8 Å². The number of nitrogens with zero attached hydrogens (tertiary/aromatic N) is 2. The van der Waals surface area contributed by atoms with E-state index in [4.69, 9.17) is 0 Å². The number of carbonyl (C=O) groups is 2. The minimum Gasteiger partial charge on any atom is -0.296 e. The highest BCUT2D eigenvalue weighted by atomic mass is 16.2. The van der Waals surface area contributed by atoms with E-state index in [-0.39, 0.29) is 17.9 Å². The summed E-state index contributed by atoms with van der Waals surface area (Å²) in [4.78, 5) is 27.4. The maximum atomic E-state index is 11.7. The van der Waals surface area contributed by atoms with Crippen LogP contribution in [0, 0.1) is 0 Å². The first-order valence-corrected chi connectivity index (χ1v) is 7.38. The van der Waals surface area contributed by atoms with E-state index < -0.39 is 0 Å². The lowest BCUT2D eigenvalue weighted by atomic mass is 10.0. The van der Waals surface area contributed by atoms with E-state index in [1.807, 2.05) is 0 Å². The first-order valence-electron chi connectivity index (χ1n) is 7.38. The number of amides is 2. The lowest BCUT2D eigenvalue weighted by Crippen LogP contribution is -2.63. The van der Waals surface area contributed by atoms with E-state index in [0.29, 0.717) is 18.9 Å². The van der Waals surface area contributed by atoms with Crippen LogP contribution in [0.4, 0.5) is 0 Å². The van der Waals surface area contributed by atoms with Crippen molar-refractivity contribution in [1.29, 1.82) is 0 Å². The molecule has 0 N–H and O–H groups in total. The summed E-state index contributed by atoms with van der Waals surface area (Å²) < 4.78 is 0. The fourth-order valence-corrected chi connectivity index (χ4v) is 3.74. The number of fused-ring (bicyclic) bond motifs is 1. The van der Waals surface area contributed by atoms with Crippen LogP contribution in [0.2, 0.25) is 0 Å². The van der Waals surface area contributed by atoms with Crippen molar-refractivity contribution in [3.05, 3.63) is 35.4 Å². The van der Waals surface area contributed by atoms with Gasteiger partial charge in [-0.2, -0.15) is 0 Å². The normalized spacial score (nSPS) is 24.3. The van der Waals surface area contributed by atoms with Crippen LogP contribution in [0.25, 0.3) is 0 Å². The summed E-state index contributed by atoms with van der Waals surface area (Å²) in [6, 6.07) is 9.29. The standard InChI is InChI=1S/C16H18N2O2/c19-15-5-6-16(20)18(15)14-9-17(10-14)13-7-11-3-1-2-4-12(11)8-13/h1-4,13-14H,5-10H2. The van der Waals surface area contributed by atoms with Gasteiger partial charge in [0, 0.05) is 32.0 Å². The highest BCUT2D eigenvalue weighted by Crippen LogP contribution is 2.30. The van der Waals surface area contributed by atoms with E-state index in [1.165, 1.54) is 16.0 Å². The number of likely N-dealkylation sites (tertiary alicyclic amines) is 2. The van der Waals surface area contributed by atoms with Gasteiger partial charge in [-0.15, -0.1) is 0 Å². The molecule has 4 heteroatoms. The Balaban J connectivity index is 1.39. The van der Waals surface area contributed by atoms with Gasteiger partial charge in [-0.1, -0.05) is 24.3 Å². The van der Waals surface area contributed by atoms with Crippen LogP contribution < -0.4 is 0 Å². The quantitative estimate of drug-likeness (QED) is 0.752. The third-order valence-electron chi connectivity index (χ3n) is 4.89. The van der Waals surface area contributed by atoms with E-state index in [9.17, 15) is 9.59 Å². The SMILES string of the molecule is O=C1CCC(=O)N1C1CN(C2Cc3ccccc3C2)C1. The topological polar surface area (TPSA) is 40.6 Å². The molecule has 104 valence electrons. The molecule has 1 aromatic carbocycles. The molecule has 1 aliphatic carbocycles. The lowest BCUT2D eigenvalue weighted by molar-refractivity contribution is -0.145. The molecule has 2 heterocycles. The molecule has 0 radical (unpaired) electrons. The molecule has 0 unspecified atom stereocenters. The first-order chi connectivity index (χ1) is 9.72. The molecule has 2 fully saturated rings. The van der Waals surface area contributed by atoms with Gasteiger partial charge in [-0.05, 0) is 24.0 Å². The number of hydrogen-bond acceptors (Lipinski definition) is 3. The van der Waals surface area contributed by atoms with Gasteiger partial charge in [-0.3, -0.25) is 19.4 Å². The van der Waals surface area contributed by atoms with Crippen molar-refractivity contribution in [3.63, 3.8) is 0 Å². The van der Waals surface area contributed by atoms with Crippen molar-refractivity contribution < 1.29 is 9.59 Å². The molecule has 2 amide bonds. The molecular formula is C16H18N2O2. The Hall–Kier alpha value is -1.68. The Morgan fingerprint density at radius 3 is 1.95 bits per heavy atom. The predicted molar refractivity (Wildman–Crippen MR) is 74.1 cm³/mol. The molecule has 0 aromatic heterocycles. The average molecular weight is 270 g/mol. The average Bonchev–Trinajstić information content (AvgIpc) is 2.94. The summed E-state index contributed by atoms with van der Waals surface area (Å²) in [5.41, 5.74) is 2.91. The first kappa shape index (κ1) is 12.1. The van der Waals surface area contributed by atoms with Crippen LogP contribution in [0.1, 0.15) is 24.0 Å². The third-order valence-corrected chi connectivity index (χ3v) is 4.89. The molecular weight excluding hydrogens is 252 g/mol. The molecule has 1 aromatic rings. The molecule has 0 saturated carbocycles. The molecule has 4 rings (SSSR count). The second-order valence-corrected chi connectivity index (χ2v) is 6.10. The molecule has 20 heavy (non-hydrogen) atoms. The third kappa shape index (κ3) is 1.79. The second kappa shape index (κ2) is 4.42. The highest BCUT2D eigenvalue weighted by molar-refractivity contribution is 6.02.